The Morgan fingerprint density at radius 2 is 2.00 bits per heavy atom. The molecule has 2 N–H and O–H groups in total. The van der Waals surface area contributed by atoms with E-state index in [0.29, 0.717) is 13.1 Å². The number of nitrogens with one attached hydrogen (secondary N) is 1. The first kappa shape index (κ1) is 11.3. The van der Waals surface area contributed by atoms with Gasteiger partial charge in [-0.05, 0) is 28.9 Å². The zero-order valence-corrected chi connectivity index (χ0v) is 9.29. The number of halogens is 3. The Balaban J connectivity index is 2.98. The van der Waals surface area contributed by atoms with Crippen LogP contribution < -0.4 is 5.32 Å². The van der Waals surface area contributed by atoms with E-state index in [9.17, 15) is 13.9 Å². The summed E-state index contributed by atoms with van der Waals surface area (Å²) in [5.41, 5.74) is -2.80. The molecule has 0 bridgehead atoms. The molecule has 1 aliphatic rings. The molecule has 1 heterocycles. The molecule has 0 amide bonds. The molecule has 0 aromatic carbocycles. The van der Waals surface area contributed by atoms with Gasteiger partial charge in [0.15, 0.2) is 0 Å². The third-order valence-electron chi connectivity index (χ3n) is 2.82. The molecular weight excluding hydrogens is 244 g/mol. The second kappa shape index (κ2) is 3.14. The van der Waals surface area contributed by atoms with E-state index < -0.39 is 15.8 Å². The van der Waals surface area contributed by atoms with Crippen LogP contribution in [0.3, 0.4) is 0 Å². The highest BCUT2D eigenvalue weighted by Crippen LogP contribution is 2.49. The Labute approximate surface area is 84.8 Å². The van der Waals surface area contributed by atoms with Crippen molar-refractivity contribution in [3.8, 4) is 0 Å². The van der Waals surface area contributed by atoms with E-state index in [0.717, 1.165) is 0 Å². The molecule has 0 aromatic heterocycles. The second-order valence-corrected chi connectivity index (χ2v) is 5.16. The van der Waals surface area contributed by atoms with Crippen LogP contribution >= 0.6 is 15.9 Å². The largest absolute Gasteiger partial charge is 0.382 e. The van der Waals surface area contributed by atoms with Gasteiger partial charge >= 0.3 is 4.83 Å². The van der Waals surface area contributed by atoms with Crippen molar-refractivity contribution in [1.29, 1.82) is 0 Å². The number of aliphatic hydroxyl groups is 1. The quantitative estimate of drug-likeness (QED) is 0.702. The molecule has 0 spiro atoms. The lowest BCUT2D eigenvalue weighted by molar-refractivity contribution is -0.192. The van der Waals surface area contributed by atoms with Crippen molar-refractivity contribution in [2.24, 2.45) is 5.41 Å². The van der Waals surface area contributed by atoms with Crippen LogP contribution in [0.1, 0.15) is 20.3 Å². The molecule has 1 atom stereocenters. The lowest BCUT2D eigenvalue weighted by atomic mass is 9.71. The van der Waals surface area contributed by atoms with Gasteiger partial charge in [0, 0.05) is 12.0 Å². The van der Waals surface area contributed by atoms with E-state index in [4.69, 9.17) is 0 Å². The van der Waals surface area contributed by atoms with Crippen molar-refractivity contribution in [2.75, 3.05) is 13.1 Å². The van der Waals surface area contributed by atoms with Crippen molar-refractivity contribution in [3.05, 3.63) is 0 Å². The third kappa shape index (κ3) is 1.74. The minimum Gasteiger partial charge on any atom is -0.382 e. The minimum absolute atomic E-state index is 0.0538. The van der Waals surface area contributed by atoms with Gasteiger partial charge in [-0.1, -0.05) is 13.8 Å². The summed E-state index contributed by atoms with van der Waals surface area (Å²) in [7, 11) is 0. The minimum atomic E-state index is -3.23. The van der Waals surface area contributed by atoms with Crippen LogP contribution in [0.25, 0.3) is 0 Å². The summed E-state index contributed by atoms with van der Waals surface area (Å²) in [6.45, 7) is 4.08. The predicted molar refractivity (Wildman–Crippen MR) is 50.1 cm³/mol. The maximum absolute atomic E-state index is 13.1. The van der Waals surface area contributed by atoms with E-state index in [2.05, 4.69) is 21.2 Å². The normalized spacial score (nSPS) is 34.6. The molecule has 0 radical (unpaired) electrons. The van der Waals surface area contributed by atoms with E-state index in [1.807, 2.05) is 0 Å². The highest BCUT2D eigenvalue weighted by atomic mass is 79.9. The van der Waals surface area contributed by atoms with Gasteiger partial charge < -0.3 is 10.4 Å². The van der Waals surface area contributed by atoms with Gasteiger partial charge in [-0.25, -0.2) is 0 Å². The first-order valence-electron chi connectivity index (χ1n) is 4.20. The van der Waals surface area contributed by atoms with Gasteiger partial charge in [-0.2, -0.15) is 8.78 Å². The van der Waals surface area contributed by atoms with Crippen molar-refractivity contribution in [3.63, 3.8) is 0 Å². The molecule has 5 heteroatoms. The Kier molecular flexibility index (Phi) is 2.74. The fourth-order valence-electron chi connectivity index (χ4n) is 1.68. The summed E-state index contributed by atoms with van der Waals surface area (Å²) in [5.74, 6) is 0. The lowest BCUT2D eigenvalue weighted by Crippen LogP contribution is -2.63. The van der Waals surface area contributed by atoms with Crippen LogP contribution in [0, 0.1) is 5.41 Å². The van der Waals surface area contributed by atoms with Crippen molar-refractivity contribution >= 4 is 15.9 Å². The van der Waals surface area contributed by atoms with E-state index in [1.165, 1.54) is 0 Å². The standard InChI is InChI=1S/C8H14BrF2NO/c1-6(2)5-12-4-3-7(6,13)8(9,10)11/h12-13H,3-5H2,1-2H3. The molecule has 1 rings (SSSR count). The summed E-state index contributed by atoms with van der Waals surface area (Å²) < 4.78 is 26.3. The number of piperidine rings is 1. The molecule has 78 valence electrons. The molecule has 1 saturated heterocycles. The van der Waals surface area contributed by atoms with Crippen LogP contribution in [0.4, 0.5) is 8.78 Å². The van der Waals surface area contributed by atoms with E-state index in [1.54, 1.807) is 13.8 Å². The van der Waals surface area contributed by atoms with Crippen LogP contribution in [0.2, 0.25) is 0 Å². The number of alkyl halides is 3. The topological polar surface area (TPSA) is 32.3 Å². The molecule has 1 aliphatic heterocycles. The maximum atomic E-state index is 13.1. The molecule has 1 unspecified atom stereocenters. The number of hydrogen-bond acceptors (Lipinski definition) is 2. The Morgan fingerprint density at radius 3 is 2.31 bits per heavy atom. The van der Waals surface area contributed by atoms with Gasteiger partial charge in [-0.3, -0.25) is 0 Å². The molecule has 13 heavy (non-hydrogen) atoms. The summed E-state index contributed by atoms with van der Waals surface area (Å²) >= 11 is 2.26. The monoisotopic (exact) mass is 257 g/mol. The van der Waals surface area contributed by atoms with Gasteiger partial charge in [0.1, 0.15) is 5.60 Å². The van der Waals surface area contributed by atoms with Crippen LogP contribution in [-0.2, 0) is 0 Å². The third-order valence-corrected chi connectivity index (χ3v) is 3.48. The van der Waals surface area contributed by atoms with Crippen LogP contribution in [-0.4, -0.2) is 28.6 Å². The maximum Gasteiger partial charge on any atom is 0.330 e. The molecule has 2 nitrogen and oxygen atoms in total. The fourth-order valence-corrected chi connectivity index (χ4v) is 2.42. The van der Waals surface area contributed by atoms with E-state index >= 15 is 0 Å². The zero-order valence-electron chi connectivity index (χ0n) is 7.70. The first-order valence-corrected chi connectivity index (χ1v) is 5.00. The lowest BCUT2D eigenvalue weighted by Gasteiger charge is -2.48. The summed E-state index contributed by atoms with van der Waals surface area (Å²) in [5, 5.41) is 12.9. The Hall–Kier alpha value is 0.260. The summed E-state index contributed by atoms with van der Waals surface area (Å²) in [4.78, 5) is -3.23. The SMILES string of the molecule is CC1(C)CNCCC1(O)C(F)(F)Br. The Morgan fingerprint density at radius 1 is 1.46 bits per heavy atom. The average Bonchev–Trinajstić information content (AvgIpc) is 1.93. The molecule has 0 aliphatic carbocycles. The van der Waals surface area contributed by atoms with Gasteiger partial charge in [0.25, 0.3) is 0 Å². The first-order chi connectivity index (χ1) is 5.71. The molecule has 1 fully saturated rings. The molecule has 0 aromatic rings. The average molecular weight is 258 g/mol. The molecule has 0 saturated carbocycles. The fraction of sp³-hybridized carbons (Fsp3) is 1.00. The Bertz CT molecular complexity index is 205. The van der Waals surface area contributed by atoms with Crippen molar-refractivity contribution < 1.29 is 13.9 Å². The van der Waals surface area contributed by atoms with Gasteiger partial charge in [0.05, 0.1) is 0 Å². The van der Waals surface area contributed by atoms with Crippen LogP contribution in [0.15, 0.2) is 0 Å². The highest BCUT2D eigenvalue weighted by molar-refractivity contribution is 9.10. The highest BCUT2D eigenvalue weighted by Gasteiger charge is 2.60. The second-order valence-electron chi connectivity index (χ2n) is 4.17. The summed E-state index contributed by atoms with van der Waals surface area (Å²) in [6.07, 6.45) is 0.0538. The predicted octanol–water partition coefficient (Wildman–Crippen LogP) is 1.72. The van der Waals surface area contributed by atoms with Crippen LogP contribution in [0.5, 0.6) is 0 Å². The summed E-state index contributed by atoms with van der Waals surface area (Å²) in [6, 6.07) is 0. The number of rotatable bonds is 1. The molecular formula is C8H14BrF2NO. The van der Waals surface area contributed by atoms with Gasteiger partial charge in [0.2, 0.25) is 0 Å². The van der Waals surface area contributed by atoms with Gasteiger partial charge in [-0.15, -0.1) is 0 Å². The van der Waals surface area contributed by atoms with Crippen molar-refractivity contribution in [2.45, 2.75) is 30.7 Å². The van der Waals surface area contributed by atoms with E-state index in [-0.39, 0.29) is 6.42 Å². The van der Waals surface area contributed by atoms with Crippen molar-refractivity contribution in [1.82, 2.24) is 5.32 Å². The number of hydrogen-bond donors (Lipinski definition) is 2. The zero-order chi connectivity index (χ0) is 10.3. The smallest absolute Gasteiger partial charge is 0.330 e.